The first kappa shape index (κ1) is 4.43. The SMILES string of the molecule is Oc1cn2nccc2o1. The topological polar surface area (TPSA) is 50.7 Å². The smallest absolute Gasteiger partial charge is 0.302 e. The molecule has 0 atom stereocenters. The van der Waals surface area contributed by atoms with E-state index >= 15 is 0 Å². The molecule has 1 N–H and O–H groups in total. The van der Waals surface area contributed by atoms with Gasteiger partial charge < -0.3 is 9.52 Å². The summed E-state index contributed by atoms with van der Waals surface area (Å²) in [5.41, 5.74) is 0.549. The number of oxazole rings is 1. The number of hydrogen-bond donors (Lipinski definition) is 1. The van der Waals surface area contributed by atoms with Crippen molar-refractivity contribution in [3.05, 3.63) is 18.5 Å². The Morgan fingerprint density at radius 3 is 3.33 bits per heavy atom. The highest BCUT2D eigenvalue weighted by atomic mass is 16.5. The lowest BCUT2D eigenvalue weighted by Crippen LogP contribution is -1.74. The fourth-order valence-electron chi connectivity index (χ4n) is 0.718. The first-order chi connectivity index (χ1) is 4.36. The Kier molecular flexibility index (Phi) is 0.631. The van der Waals surface area contributed by atoms with E-state index in [-0.39, 0.29) is 5.95 Å². The monoisotopic (exact) mass is 124 g/mol. The number of fused-ring (bicyclic) bond motifs is 1. The second kappa shape index (κ2) is 1.28. The maximum Gasteiger partial charge on any atom is 0.302 e. The van der Waals surface area contributed by atoms with Crippen molar-refractivity contribution in [1.29, 1.82) is 0 Å². The molecule has 9 heavy (non-hydrogen) atoms. The Bertz CT molecular complexity index is 294. The van der Waals surface area contributed by atoms with Crippen molar-refractivity contribution >= 4 is 5.71 Å². The van der Waals surface area contributed by atoms with Crippen LogP contribution >= 0.6 is 0 Å². The average molecular weight is 124 g/mol. The van der Waals surface area contributed by atoms with E-state index in [1.54, 1.807) is 12.3 Å². The van der Waals surface area contributed by atoms with E-state index in [1.165, 1.54) is 10.7 Å². The summed E-state index contributed by atoms with van der Waals surface area (Å²) in [7, 11) is 0. The van der Waals surface area contributed by atoms with E-state index in [0.717, 1.165) is 0 Å². The standard InChI is InChI=1S/C5H4N2O2/c8-5-3-7-4(9-5)1-2-6-7/h1-3,8H. The molecule has 0 radical (unpaired) electrons. The summed E-state index contributed by atoms with van der Waals surface area (Å²) in [5.74, 6) is -0.113. The quantitative estimate of drug-likeness (QED) is 0.560. The van der Waals surface area contributed by atoms with Crippen LogP contribution in [-0.4, -0.2) is 14.7 Å². The van der Waals surface area contributed by atoms with E-state index in [9.17, 15) is 0 Å². The van der Waals surface area contributed by atoms with Crippen molar-refractivity contribution in [3.63, 3.8) is 0 Å². The molecular formula is C5H4N2O2. The number of aromatic hydroxyl groups is 1. The second-order valence-corrected chi connectivity index (χ2v) is 1.68. The van der Waals surface area contributed by atoms with Crippen molar-refractivity contribution in [3.8, 4) is 5.95 Å². The molecule has 2 aromatic rings. The summed E-state index contributed by atoms with van der Waals surface area (Å²) in [6, 6.07) is 1.67. The van der Waals surface area contributed by atoms with Crippen LogP contribution in [0.1, 0.15) is 0 Å². The minimum atomic E-state index is -0.113. The van der Waals surface area contributed by atoms with Gasteiger partial charge in [0.25, 0.3) is 0 Å². The van der Waals surface area contributed by atoms with Gasteiger partial charge in [0.05, 0.1) is 6.20 Å². The summed E-state index contributed by atoms with van der Waals surface area (Å²) in [6.07, 6.45) is 2.99. The molecule has 0 aliphatic rings. The predicted octanol–water partition coefficient (Wildman–Crippen LogP) is 0.633. The van der Waals surface area contributed by atoms with Gasteiger partial charge in [0, 0.05) is 6.07 Å². The lowest BCUT2D eigenvalue weighted by atomic mass is 10.7. The van der Waals surface area contributed by atoms with Gasteiger partial charge in [-0.3, -0.25) is 0 Å². The fraction of sp³-hybridized carbons (Fsp3) is 0. The zero-order valence-corrected chi connectivity index (χ0v) is 4.48. The highest BCUT2D eigenvalue weighted by Gasteiger charge is 1.98. The minimum Gasteiger partial charge on any atom is -0.480 e. The molecule has 0 unspecified atom stereocenters. The molecule has 46 valence electrons. The molecule has 2 heterocycles. The number of aromatic nitrogens is 2. The van der Waals surface area contributed by atoms with Crippen molar-refractivity contribution in [1.82, 2.24) is 9.61 Å². The molecule has 4 nitrogen and oxygen atoms in total. The van der Waals surface area contributed by atoms with Gasteiger partial charge in [-0.25, -0.2) is 4.52 Å². The van der Waals surface area contributed by atoms with E-state index in [0.29, 0.717) is 5.71 Å². The molecule has 0 saturated heterocycles. The first-order valence-electron chi connectivity index (χ1n) is 2.48. The van der Waals surface area contributed by atoms with Crippen LogP contribution < -0.4 is 0 Å². The number of hydrogen-bond acceptors (Lipinski definition) is 3. The second-order valence-electron chi connectivity index (χ2n) is 1.68. The van der Waals surface area contributed by atoms with Gasteiger partial charge in [-0.05, 0) is 0 Å². The summed E-state index contributed by atoms with van der Waals surface area (Å²) >= 11 is 0. The molecular weight excluding hydrogens is 120 g/mol. The molecule has 2 aromatic heterocycles. The Morgan fingerprint density at radius 1 is 1.67 bits per heavy atom. The third-order valence-corrected chi connectivity index (χ3v) is 1.08. The average Bonchev–Trinajstić information content (AvgIpc) is 2.22. The number of rotatable bonds is 0. The molecule has 4 heteroatoms. The van der Waals surface area contributed by atoms with E-state index in [1.807, 2.05) is 0 Å². The summed E-state index contributed by atoms with van der Waals surface area (Å²) < 4.78 is 6.22. The molecule has 0 saturated carbocycles. The lowest BCUT2D eigenvalue weighted by Gasteiger charge is -1.70. The first-order valence-corrected chi connectivity index (χ1v) is 2.48. The van der Waals surface area contributed by atoms with Crippen LogP contribution in [0.5, 0.6) is 5.95 Å². The molecule has 0 fully saturated rings. The summed E-state index contributed by atoms with van der Waals surface area (Å²) in [5, 5.41) is 12.5. The van der Waals surface area contributed by atoms with E-state index in [4.69, 9.17) is 9.52 Å². The molecule has 2 rings (SSSR count). The Hall–Kier alpha value is -1.45. The summed E-state index contributed by atoms with van der Waals surface area (Å²) in [4.78, 5) is 0. The van der Waals surface area contributed by atoms with Gasteiger partial charge in [-0.15, -0.1) is 0 Å². The van der Waals surface area contributed by atoms with Crippen LogP contribution in [0.4, 0.5) is 0 Å². The van der Waals surface area contributed by atoms with E-state index in [2.05, 4.69) is 5.10 Å². The highest BCUT2D eigenvalue weighted by Crippen LogP contribution is 2.12. The van der Waals surface area contributed by atoms with Crippen LogP contribution in [0.3, 0.4) is 0 Å². The lowest BCUT2D eigenvalue weighted by molar-refractivity contribution is 0.346. The van der Waals surface area contributed by atoms with Gasteiger partial charge in [0.1, 0.15) is 6.20 Å². The van der Waals surface area contributed by atoms with E-state index < -0.39 is 0 Å². The highest BCUT2D eigenvalue weighted by molar-refractivity contribution is 5.33. The van der Waals surface area contributed by atoms with Gasteiger partial charge in [-0.1, -0.05) is 0 Å². The normalized spacial score (nSPS) is 10.7. The molecule has 0 aliphatic heterocycles. The minimum absolute atomic E-state index is 0.113. The maximum atomic E-state index is 8.72. The number of nitrogens with zero attached hydrogens (tertiary/aromatic N) is 2. The fourth-order valence-corrected chi connectivity index (χ4v) is 0.718. The Labute approximate surface area is 50.3 Å². The molecule has 0 bridgehead atoms. The van der Waals surface area contributed by atoms with Crippen LogP contribution in [0.15, 0.2) is 22.9 Å². The van der Waals surface area contributed by atoms with Crippen LogP contribution in [0.25, 0.3) is 5.71 Å². The Balaban J connectivity index is 2.92. The Morgan fingerprint density at radius 2 is 2.56 bits per heavy atom. The molecule has 0 aliphatic carbocycles. The summed E-state index contributed by atoms with van der Waals surface area (Å²) in [6.45, 7) is 0. The third kappa shape index (κ3) is 0.495. The van der Waals surface area contributed by atoms with Gasteiger partial charge in [-0.2, -0.15) is 5.10 Å². The zero-order chi connectivity index (χ0) is 6.27. The van der Waals surface area contributed by atoms with Crippen molar-refractivity contribution < 1.29 is 9.52 Å². The molecule has 0 amide bonds. The van der Waals surface area contributed by atoms with Gasteiger partial charge in [0.2, 0.25) is 5.71 Å². The molecule has 0 spiro atoms. The maximum absolute atomic E-state index is 8.72. The van der Waals surface area contributed by atoms with Crippen LogP contribution in [-0.2, 0) is 0 Å². The van der Waals surface area contributed by atoms with Gasteiger partial charge >= 0.3 is 5.95 Å². The molecule has 0 aromatic carbocycles. The van der Waals surface area contributed by atoms with Gasteiger partial charge in [0.15, 0.2) is 0 Å². The zero-order valence-electron chi connectivity index (χ0n) is 4.48. The third-order valence-electron chi connectivity index (χ3n) is 1.08. The van der Waals surface area contributed by atoms with Crippen molar-refractivity contribution in [2.24, 2.45) is 0 Å². The van der Waals surface area contributed by atoms with Crippen molar-refractivity contribution in [2.75, 3.05) is 0 Å². The largest absolute Gasteiger partial charge is 0.480 e. The predicted molar refractivity (Wildman–Crippen MR) is 29.1 cm³/mol. The van der Waals surface area contributed by atoms with Crippen molar-refractivity contribution in [2.45, 2.75) is 0 Å². The van der Waals surface area contributed by atoms with Crippen LogP contribution in [0.2, 0.25) is 0 Å². The van der Waals surface area contributed by atoms with Crippen LogP contribution in [0, 0.1) is 0 Å².